The van der Waals surface area contributed by atoms with Crippen LogP contribution >= 0.6 is 0 Å². The molecule has 7 rings (SSSR count). The molecule has 0 spiro atoms. The van der Waals surface area contributed by atoms with E-state index in [4.69, 9.17) is 9.97 Å². The number of halogens is 1. The third kappa shape index (κ3) is 8.23. The standard InChI is InChI=1S/C34H44FN11O2S/c1-44-14-16-45(17-15-44)22-24-2-9-30(38-19-24)29-21-39-33(18-31(29)41-27-5-3-26(4-6-27)36-13-11-35)42-32-10-12-37-34(43-32)25-20-40-46(23-25)49(47,48)28-7-8-28/h2,9-10,12,18-21,23,26-28,36H,3-8,11,13-17,22H2,1H3,(H2,37,39,41,42,43). The van der Waals surface area contributed by atoms with Crippen LogP contribution in [-0.4, -0.2) is 111 Å². The Morgan fingerprint density at radius 2 is 1.69 bits per heavy atom. The van der Waals surface area contributed by atoms with Gasteiger partial charge < -0.3 is 20.9 Å². The number of piperazine rings is 1. The number of anilines is 3. The molecule has 3 fully saturated rings. The largest absolute Gasteiger partial charge is 0.382 e. The first-order chi connectivity index (χ1) is 23.8. The fourth-order valence-electron chi connectivity index (χ4n) is 6.49. The van der Waals surface area contributed by atoms with Crippen molar-refractivity contribution in [1.82, 2.24) is 44.2 Å². The molecule has 0 unspecified atom stereocenters. The molecule has 15 heteroatoms. The molecule has 0 atom stereocenters. The summed E-state index contributed by atoms with van der Waals surface area (Å²) >= 11 is 0. The second-order valence-electron chi connectivity index (χ2n) is 13.3. The summed E-state index contributed by atoms with van der Waals surface area (Å²) < 4.78 is 39.0. The van der Waals surface area contributed by atoms with Crippen LogP contribution in [0.2, 0.25) is 0 Å². The zero-order valence-corrected chi connectivity index (χ0v) is 28.6. The van der Waals surface area contributed by atoms with Crippen LogP contribution in [0.25, 0.3) is 22.6 Å². The molecule has 0 aromatic carbocycles. The van der Waals surface area contributed by atoms with E-state index in [-0.39, 0.29) is 18.0 Å². The van der Waals surface area contributed by atoms with Crippen molar-refractivity contribution in [2.75, 3.05) is 57.1 Å². The van der Waals surface area contributed by atoms with Gasteiger partial charge in [-0.3, -0.25) is 9.88 Å². The summed E-state index contributed by atoms with van der Waals surface area (Å²) in [6, 6.07) is 8.53. The van der Waals surface area contributed by atoms with Gasteiger partial charge in [-0.2, -0.15) is 9.19 Å². The van der Waals surface area contributed by atoms with Crippen LogP contribution in [0.1, 0.15) is 44.1 Å². The highest BCUT2D eigenvalue weighted by Gasteiger charge is 2.37. The fourth-order valence-corrected chi connectivity index (χ4v) is 7.96. The zero-order chi connectivity index (χ0) is 33.8. The summed E-state index contributed by atoms with van der Waals surface area (Å²) in [6.07, 6.45) is 13.6. The lowest BCUT2D eigenvalue weighted by Crippen LogP contribution is -2.43. The maximum atomic E-state index is 12.7. The van der Waals surface area contributed by atoms with Crippen LogP contribution in [0, 0.1) is 0 Å². The van der Waals surface area contributed by atoms with Crippen LogP contribution in [-0.2, 0) is 16.6 Å². The maximum Gasteiger partial charge on any atom is 0.256 e. The Kier molecular flexibility index (Phi) is 10.1. The van der Waals surface area contributed by atoms with Gasteiger partial charge in [-0.15, -0.1) is 0 Å². The molecule has 0 bridgehead atoms. The molecule has 1 saturated heterocycles. The maximum absolute atomic E-state index is 12.7. The van der Waals surface area contributed by atoms with Crippen LogP contribution in [0.3, 0.4) is 0 Å². The Morgan fingerprint density at radius 3 is 2.43 bits per heavy atom. The molecule has 49 heavy (non-hydrogen) atoms. The molecule has 2 aliphatic carbocycles. The summed E-state index contributed by atoms with van der Waals surface area (Å²) in [6.45, 7) is 5.18. The van der Waals surface area contributed by atoms with Crippen LogP contribution in [0.5, 0.6) is 0 Å². The van der Waals surface area contributed by atoms with Crippen LogP contribution in [0.4, 0.5) is 21.7 Å². The Bertz CT molecular complexity index is 1820. The molecule has 3 aliphatic rings. The number of pyridine rings is 2. The Labute approximate surface area is 286 Å². The third-order valence-electron chi connectivity index (χ3n) is 9.56. The Balaban J connectivity index is 1.09. The minimum atomic E-state index is -3.48. The zero-order valence-electron chi connectivity index (χ0n) is 27.8. The van der Waals surface area contributed by atoms with Gasteiger partial charge in [0.05, 0.1) is 28.9 Å². The van der Waals surface area contributed by atoms with Gasteiger partial charge >= 0.3 is 0 Å². The van der Waals surface area contributed by atoms with E-state index < -0.39 is 10.0 Å². The van der Waals surface area contributed by atoms with Gasteiger partial charge in [0.1, 0.15) is 18.3 Å². The average Bonchev–Trinajstić information content (AvgIpc) is 3.86. The SMILES string of the molecule is CN1CCN(Cc2ccc(-c3cnc(Nc4ccnc(-c5cnn(S(=O)(=O)C6CC6)c5)n4)cc3NC3CCC(NCCF)CC3)nc2)CC1. The van der Waals surface area contributed by atoms with Crippen molar-refractivity contribution in [2.45, 2.75) is 62.4 Å². The van der Waals surface area contributed by atoms with Crippen molar-refractivity contribution >= 4 is 27.3 Å². The van der Waals surface area contributed by atoms with Crippen molar-refractivity contribution in [3.05, 3.63) is 60.8 Å². The second-order valence-corrected chi connectivity index (χ2v) is 15.4. The lowest BCUT2D eigenvalue weighted by Gasteiger charge is -2.32. The van der Waals surface area contributed by atoms with E-state index in [1.807, 2.05) is 18.5 Å². The normalized spacial score (nSPS) is 20.7. The highest BCUT2D eigenvalue weighted by atomic mass is 32.2. The number of aromatic nitrogens is 6. The molecular weight excluding hydrogens is 646 g/mol. The monoisotopic (exact) mass is 689 g/mol. The third-order valence-corrected chi connectivity index (χ3v) is 11.6. The van der Waals surface area contributed by atoms with Crippen molar-refractivity contribution in [2.24, 2.45) is 0 Å². The molecular formula is C34H44FN11O2S. The Hall–Kier alpha value is -4.05. The second kappa shape index (κ2) is 14.8. The highest BCUT2D eigenvalue weighted by Crippen LogP contribution is 2.33. The van der Waals surface area contributed by atoms with Crippen molar-refractivity contribution in [1.29, 1.82) is 0 Å². The predicted molar refractivity (Wildman–Crippen MR) is 188 cm³/mol. The smallest absolute Gasteiger partial charge is 0.256 e. The number of rotatable bonds is 13. The van der Waals surface area contributed by atoms with E-state index in [1.54, 1.807) is 12.3 Å². The molecule has 13 nitrogen and oxygen atoms in total. The number of hydrogen-bond donors (Lipinski definition) is 3. The summed E-state index contributed by atoms with van der Waals surface area (Å²) in [4.78, 5) is 23.4. The molecule has 0 radical (unpaired) electrons. The van der Waals surface area contributed by atoms with Crippen LogP contribution in [0.15, 0.2) is 55.2 Å². The van der Waals surface area contributed by atoms with Gasteiger partial charge in [0, 0.05) is 87.3 Å². The van der Waals surface area contributed by atoms with Gasteiger partial charge in [-0.25, -0.2) is 27.8 Å². The highest BCUT2D eigenvalue weighted by molar-refractivity contribution is 7.90. The lowest BCUT2D eigenvalue weighted by molar-refractivity contribution is 0.148. The number of hydrogen-bond acceptors (Lipinski definition) is 12. The Morgan fingerprint density at radius 1 is 0.898 bits per heavy atom. The molecule has 4 aromatic heterocycles. The molecule has 2 saturated carbocycles. The van der Waals surface area contributed by atoms with E-state index in [0.717, 1.165) is 79.4 Å². The molecule has 260 valence electrons. The van der Waals surface area contributed by atoms with E-state index >= 15 is 0 Å². The lowest BCUT2D eigenvalue weighted by atomic mass is 9.90. The molecule has 4 aromatic rings. The number of alkyl halides is 1. The van der Waals surface area contributed by atoms with Gasteiger partial charge in [-0.1, -0.05) is 6.07 Å². The minimum absolute atomic E-state index is 0.253. The first-order valence-corrected chi connectivity index (χ1v) is 18.7. The number of likely N-dealkylation sites (N-methyl/N-ethyl adjacent to an activating group) is 1. The van der Waals surface area contributed by atoms with Gasteiger partial charge in [-0.05, 0) is 63.3 Å². The quantitative estimate of drug-likeness (QED) is 0.187. The first kappa shape index (κ1) is 33.4. The van der Waals surface area contributed by atoms with Crippen LogP contribution < -0.4 is 16.0 Å². The summed E-state index contributed by atoms with van der Waals surface area (Å²) in [5.74, 6) is 1.46. The molecule has 3 N–H and O–H groups in total. The predicted octanol–water partition coefficient (Wildman–Crippen LogP) is 3.91. The van der Waals surface area contributed by atoms with Crippen molar-refractivity contribution in [3.8, 4) is 22.6 Å². The first-order valence-electron chi connectivity index (χ1n) is 17.2. The van der Waals surface area contributed by atoms with E-state index in [9.17, 15) is 12.8 Å². The average molecular weight is 690 g/mol. The molecule has 5 heterocycles. The number of nitrogens with zero attached hydrogens (tertiary/aromatic N) is 8. The van der Waals surface area contributed by atoms with E-state index in [0.29, 0.717) is 48.5 Å². The minimum Gasteiger partial charge on any atom is -0.382 e. The fraction of sp³-hybridized carbons (Fsp3) is 0.500. The van der Waals surface area contributed by atoms with E-state index in [1.165, 1.54) is 18.0 Å². The van der Waals surface area contributed by atoms with Gasteiger partial charge in [0.15, 0.2) is 5.82 Å². The van der Waals surface area contributed by atoms with Gasteiger partial charge in [0.2, 0.25) is 0 Å². The van der Waals surface area contributed by atoms with Crippen molar-refractivity contribution < 1.29 is 12.8 Å². The molecule has 1 aliphatic heterocycles. The molecule has 0 amide bonds. The van der Waals surface area contributed by atoms with Gasteiger partial charge in [0.25, 0.3) is 10.0 Å². The van der Waals surface area contributed by atoms with E-state index in [2.05, 4.69) is 60.0 Å². The summed E-state index contributed by atoms with van der Waals surface area (Å²) in [5.41, 5.74) is 4.35. The summed E-state index contributed by atoms with van der Waals surface area (Å²) in [7, 11) is -1.32. The number of nitrogens with one attached hydrogen (secondary N) is 3. The summed E-state index contributed by atoms with van der Waals surface area (Å²) in [5, 5.41) is 14.1. The topological polar surface area (TPSA) is 146 Å². The van der Waals surface area contributed by atoms with Crippen molar-refractivity contribution in [3.63, 3.8) is 0 Å².